The van der Waals surface area contributed by atoms with Gasteiger partial charge in [-0.15, -0.1) is 11.3 Å². The molecule has 152 valence electrons. The lowest BCUT2D eigenvalue weighted by molar-refractivity contribution is 0.0845. The van der Waals surface area contributed by atoms with Crippen molar-refractivity contribution in [2.45, 2.75) is 13.8 Å². The van der Waals surface area contributed by atoms with E-state index in [1.54, 1.807) is 30.1 Å². The maximum absolute atomic E-state index is 12.7. The topological polar surface area (TPSA) is 114 Å². The lowest BCUT2D eigenvalue weighted by Gasteiger charge is -2.25. The Morgan fingerprint density at radius 2 is 1.86 bits per heavy atom. The molecule has 29 heavy (non-hydrogen) atoms. The first-order chi connectivity index (χ1) is 13.9. The number of hydrogen-bond acceptors (Lipinski definition) is 8. The molecule has 1 aliphatic heterocycles. The van der Waals surface area contributed by atoms with E-state index in [9.17, 15) is 9.59 Å². The Labute approximate surface area is 170 Å². The SMILES string of the molecule is Cc1cc(C(=O)NNC(=O)c2csc(N3CCOCC3)n2)c2c(C)nn(C)c2n1. The Balaban J connectivity index is 1.47. The lowest BCUT2D eigenvalue weighted by Crippen LogP contribution is -2.42. The summed E-state index contributed by atoms with van der Waals surface area (Å²) in [6.07, 6.45) is 0. The number of pyridine rings is 1. The van der Waals surface area contributed by atoms with Crippen LogP contribution in [0.15, 0.2) is 11.4 Å². The standard InChI is InChI=1S/C18H21N7O3S/c1-10-8-12(14-11(2)23-24(3)15(14)19-10)16(26)21-22-17(27)13-9-29-18(20-13)25-4-6-28-7-5-25/h8-9H,4-7H2,1-3H3,(H,21,26)(H,22,27). The van der Waals surface area contributed by atoms with Gasteiger partial charge in [-0.05, 0) is 19.9 Å². The highest BCUT2D eigenvalue weighted by Gasteiger charge is 2.20. The molecule has 1 fully saturated rings. The molecule has 0 radical (unpaired) electrons. The molecular weight excluding hydrogens is 394 g/mol. The number of hydrogen-bond donors (Lipinski definition) is 2. The van der Waals surface area contributed by atoms with E-state index in [0.29, 0.717) is 41.2 Å². The van der Waals surface area contributed by atoms with Gasteiger partial charge in [-0.25, -0.2) is 9.97 Å². The van der Waals surface area contributed by atoms with Crippen LogP contribution in [-0.2, 0) is 11.8 Å². The van der Waals surface area contributed by atoms with Crippen molar-refractivity contribution >= 4 is 39.3 Å². The first-order valence-electron chi connectivity index (χ1n) is 9.14. The summed E-state index contributed by atoms with van der Waals surface area (Å²) in [5, 5.41) is 7.43. The molecule has 0 bridgehead atoms. The number of nitrogens with one attached hydrogen (secondary N) is 2. The average molecular weight is 415 g/mol. The minimum atomic E-state index is -0.473. The first-order valence-corrected chi connectivity index (χ1v) is 10.0. The zero-order valence-corrected chi connectivity index (χ0v) is 17.2. The Hall–Kier alpha value is -3.05. The van der Waals surface area contributed by atoms with Crippen molar-refractivity contribution in [1.29, 1.82) is 0 Å². The number of fused-ring (bicyclic) bond motifs is 1. The highest BCUT2D eigenvalue weighted by molar-refractivity contribution is 7.13. The van der Waals surface area contributed by atoms with E-state index >= 15 is 0 Å². The normalized spacial score (nSPS) is 14.2. The minimum absolute atomic E-state index is 0.255. The Morgan fingerprint density at radius 1 is 1.14 bits per heavy atom. The van der Waals surface area contributed by atoms with Crippen LogP contribution in [0.4, 0.5) is 5.13 Å². The van der Waals surface area contributed by atoms with E-state index in [4.69, 9.17) is 4.74 Å². The number of thiazole rings is 1. The second-order valence-corrected chi connectivity index (χ2v) is 7.58. The molecule has 4 rings (SSSR count). The summed E-state index contributed by atoms with van der Waals surface area (Å²) in [6, 6.07) is 1.68. The lowest BCUT2D eigenvalue weighted by atomic mass is 10.1. The number of aryl methyl sites for hydroxylation is 3. The molecule has 1 aliphatic rings. The van der Waals surface area contributed by atoms with Crippen LogP contribution in [0.2, 0.25) is 0 Å². The van der Waals surface area contributed by atoms with E-state index in [1.807, 2.05) is 6.92 Å². The molecule has 3 aromatic rings. The third kappa shape index (κ3) is 3.78. The van der Waals surface area contributed by atoms with Gasteiger partial charge in [0.05, 0.1) is 29.9 Å². The molecule has 2 N–H and O–H groups in total. The van der Waals surface area contributed by atoms with Gasteiger partial charge in [0.15, 0.2) is 10.8 Å². The molecule has 0 aromatic carbocycles. The molecule has 2 amide bonds. The second-order valence-electron chi connectivity index (χ2n) is 6.74. The molecule has 3 aromatic heterocycles. The second kappa shape index (κ2) is 7.76. The van der Waals surface area contributed by atoms with Crippen LogP contribution in [0.3, 0.4) is 0 Å². The molecule has 0 atom stereocenters. The fourth-order valence-corrected chi connectivity index (χ4v) is 4.12. The van der Waals surface area contributed by atoms with Crippen LogP contribution in [0, 0.1) is 13.8 Å². The predicted molar refractivity (Wildman–Crippen MR) is 108 cm³/mol. The Bertz CT molecular complexity index is 1080. The van der Waals surface area contributed by atoms with Crippen LogP contribution in [0.5, 0.6) is 0 Å². The van der Waals surface area contributed by atoms with Gasteiger partial charge in [0.2, 0.25) is 0 Å². The predicted octanol–water partition coefficient (Wildman–Crippen LogP) is 0.953. The first kappa shape index (κ1) is 19.3. The number of morpholine rings is 1. The number of anilines is 1. The van der Waals surface area contributed by atoms with E-state index in [0.717, 1.165) is 18.2 Å². The smallest absolute Gasteiger partial charge is 0.289 e. The van der Waals surface area contributed by atoms with Crippen LogP contribution in [0.25, 0.3) is 11.0 Å². The molecule has 10 nitrogen and oxygen atoms in total. The van der Waals surface area contributed by atoms with E-state index < -0.39 is 11.8 Å². The van der Waals surface area contributed by atoms with Crippen molar-refractivity contribution in [3.63, 3.8) is 0 Å². The van der Waals surface area contributed by atoms with Gasteiger partial charge in [-0.1, -0.05) is 0 Å². The molecule has 0 saturated carbocycles. The fourth-order valence-electron chi connectivity index (χ4n) is 3.26. The minimum Gasteiger partial charge on any atom is -0.378 e. The van der Waals surface area contributed by atoms with Gasteiger partial charge in [0, 0.05) is 31.2 Å². The van der Waals surface area contributed by atoms with Crippen LogP contribution in [-0.4, -0.2) is 57.9 Å². The quantitative estimate of drug-likeness (QED) is 0.612. The average Bonchev–Trinajstić information content (AvgIpc) is 3.31. The monoisotopic (exact) mass is 415 g/mol. The number of nitrogens with zero attached hydrogens (tertiary/aromatic N) is 5. The fraction of sp³-hybridized carbons (Fsp3) is 0.389. The maximum Gasteiger partial charge on any atom is 0.289 e. The van der Waals surface area contributed by atoms with Crippen LogP contribution in [0.1, 0.15) is 32.2 Å². The van der Waals surface area contributed by atoms with Crippen molar-refractivity contribution in [1.82, 2.24) is 30.6 Å². The molecule has 0 spiro atoms. The van der Waals surface area contributed by atoms with Gasteiger partial charge in [0.1, 0.15) is 5.69 Å². The van der Waals surface area contributed by atoms with Gasteiger partial charge >= 0.3 is 0 Å². The van der Waals surface area contributed by atoms with Gasteiger partial charge in [0.25, 0.3) is 11.8 Å². The molecule has 4 heterocycles. The Kier molecular flexibility index (Phi) is 5.16. The van der Waals surface area contributed by atoms with Gasteiger partial charge < -0.3 is 9.64 Å². The molecule has 11 heteroatoms. The highest BCUT2D eigenvalue weighted by atomic mass is 32.1. The third-order valence-electron chi connectivity index (χ3n) is 4.64. The van der Waals surface area contributed by atoms with Crippen molar-refractivity contribution in [3.8, 4) is 0 Å². The molecule has 1 saturated heterocycles. The zero-order chi connectivity index (χ0) is 20.5. The van der Waals surface area contributed by atoms with Crippen molar-refractivity contribution < 1.29 is 14.3 Å². The molecule has 0 unspecified atom stereocenters. The van der Waals surface area contributed by atoms with Crippen molar-refractivity contribution in [3.05, 3.63) is 34.1 Å². The van der Waals surface area contributed by atoms with E-state index in [1.165, 1.54) is 11.3 Å². The van der Waals surface area contributed by atoms with Gasteiger partial charge in [-0.2, -0.15) is 5.10 Å². The molecule has 0 aliphatic carbocycles. The zero-order valence-electron chi connectivity index (χ0n) is 16.4. The maximum atomic E-state index is 12.7. The third-order valence-corrected chi connectivity index (χ3v) is 5.54. The summed E-state index contributed by atoms with van der Waals surface area (Å²) in [7, 11) is 1.78. The number of rotatable bonds is 3. The van der Waals surface area contributed by atoms with Gasteiger partial charge in [-0.3, -0.25) is 25.1 Å². The van der Waals surface area contributed by atoms with Crippen LogP contribution >= 0.6 is 11.3 Å². The van der Waals surface area contributed by atoms with Crippen molar-refractivity contribution in [2.24, 2.45) is 7.05 Å². The molecular formula is C18H21N7O3S. The number of aromatic nitrogens is 4. The summed E-state index contributed by atoms with van der Waals surface area (Å²) in [5.74, 6) is -0.910. The summed E-state index contributed by atoms with van der Waals surface area (Å²) >= 11 is 1.39. The summed E-state index contributed by atoms with van der Waals surface area (Å²) in [4.78, 5) is 36.0. The summed E-state index contributed by atoms with van der Waals surface area (Å²) < 4.78 is 6.96. The number of ether oxygens (including phenoxy) is 1. The number of amides is 2. The van der Waals surface area contributed by atoms with E-state index in [2.05, 4.69) is 30.8 Å². The Morgan fingerprint density at radius 3 is 2.62 bits per heavy atom. The van der Waals surface area contributed by atoms with Crippen LogP contribution < -0.4 is 15.8 Å². The highest BCUT2D eigenvalue weighted by Crippen LogP contribution is 2.22. The summed E-state index contributed by atoms with van der Waals surface area (Å²) in [5.41, 5.74) is 7.57. The number of carbonyl (C=O) groups is 2. The van der Waals surface area contributed by atoms with E-state index in [-0.39, 0.29) is 5.69 Å². The van der Waals surface area contributed by atoms with Crippen molar-refractivity contribution in [2.75, 3.05) is 31.2 Å². The number of hydrazine groups is 1. The largest absolute Gasteiger partial charge is 0.378 e. The number of carbonyl (C=O) groups excluding carboxylic acids is 2. The summed E-state index contributed by atoms with van der Waals surface area (Å²) in [6.45, 7) is 6.40.